The Labute approximate surface area is 96.4 Å². The molecule has 0 saturated heterocycles. The molecule has 2 aromatic rings. The molecule has 0 fully saturated rings. The second-order valence-corrected chi connectivity index (χ2v) is 3.75. The molecule has 0 spiro atoms. The van der Waals surface area contributed by atoms with E-state index in [4.69, 9.17) is 11.6 Å². The minimum atomic E-state index is -0.478. The second kappa shape index (κ2) is 3.94. The summed E-state index contributed by atoms with van der Waals surface area (Å²) in [6.45, 7) is 0. The van der Waals surface area contributed by atoms with Crippen LogP contribution in [0.2, 0.25) is 5.02 Å². The number of imidazole rings is 1. The van der Waals surface area contributed by atoms with E-state index >= 15 is 0 Å². The summed E-state index contributed by atoms with van der Waals surface area (Å²) in [6, 6.07) is 4.34. The van der Waals surface area contributed by atoms with E-state index in [1.165, 1.54) is 12.1 Å². The van der Waals surface area contributed by atoms with Gasteiger partial charge in [-0.3, -0.25) is 10.1 Å². The average Bonchev–Trinajstić information content (AvgIpc) is 2.64. The smallest absolute Gasteiger partial charge is 0.270 e. The summed E-state index contributed by atoms with van der Waals surface area (Å²) in [5, 5.41) is 10.9. The zero-order valence-electron chi connectivity index (χ0n) is 8.42. The van der Waals surface area contributed by atoms with Crippen molar-refractivity contribution in [1.29, 1.82) is 0 Å². The van der Waals surface area contributed by atoms with Crippen LogP contribution in [0.25, 0.3) is 11.3 Å². The van der Waals surface area contributed by atoms with Crippen molar-refractivity contribution in [3.05, 3.63) is 45.9 Å². The Hall–Kier alpha value is -1.88. The molecule has 0 aliphatic rings. The zero-order valence-corrected chi connectivity index (χ0v) is 9.18. The molecule has 0 bridgehead atoms. The first-order valence-corrected chi connectivity index (χ1v) is 4.88. The number of hydrogen-bond donors (Lipinski definition) is 0. The maximum absolute atomic E-state index is 10.5. The van der Waals surface area contributed by atoms with Crippen LogP contribution >= 0.6 is 11.6 Å². The first-order valence-electron chi connectivity index (χ1n) is 4.50. The van der Waals surface area contributed by atoms with Crippen molar-refractivity contribution in [1.82, 2.24) is 9.55 Å². The lowest BCUT2D eigenvalue weighted by Gasteiger charge is -1.99. The minimum absolute atomic E-state index is 0.0234. The van der Waals surface area contributed by atoms with Crippen LogP contribution in [0.3, 0.4) is 0 Å². The molecule has 6 heteroatoms. The lowest BCUT2D eigenvalue weighted by molar-refractivity contribution is -0.384. The van der Waals surface area contributed by atoms with Gasteiger partial charge in [-0.2, -0.15) is 0 Å². The fourth-order valence-corrected chi connectivity index (χ4v) is 1.65. The van der Waals surface area contributed by atoms with E-state index in [9.17, 15) is 10.1 Å². The van der Waals surface area contributed by atoms with Crippen LogP contribution in [0, 0.1) is 10.1 Å². The maximum Gasteiger partial charge on any atom is 0.270 e. The summed E-state index contributed by atoms with van der Waals surface area (Å²) in [4.78, 5) is 14.2. The Bertz CT molecular complexity index is 551. The highest BCUT2D eigenvalue weighted by Crippen LogP contribution is 2.29. The van der Waals surface area contributed by atoms with Crippen LogP contribution in [0.4, 0.5) is 5.69 Å². The lowest BCUT2D eigenvalue weighted by Crippen LogP contribution is -1.88. The Morgan fingerprint density at radius 3 is 2.75 bits per heavy atom. The molecule has 0 N–H and O–H groups in total. The fraction of sp³-hybridized carbons (Fsp3) is 0.100. The normalized spacial score (nSPS) is 10.4. The van der Waals surface area contributed by atoms with Crippen LogP contribution < -0.4 is 0 Å². The Kier molecular flexibility index (Phi) is 2.62. The number of benzene rings is 1. The number of non-ortho nitro benzene ring substituents is 1. The lowest BCUT2D eigenvalue weighted by atomic mass is 10.1. The highest BCUT2D eigenvalue weighted by Gasteiger charge is 2.11. The molecule has 16 heavy (non-hydrogen) atoms. The molecule has 2 rings (SSSR count). The van der Waals surface area contributed by atoms with E-state index in [1.807, 2.05) is 7.05 Å². The van der Waals surface area contributed by atoms with E-state index in [2.05, 4.69) is 4.98 Å². The van der Waals surface area contributed by atoms with E-state index in [-0.39, 0.29) is 5.69 Å². The number of aromatic nitrogens is 2. The van der Waals surface area contributed by atoms with E-state index < -0.39 is 4.92 Å². The quantitative estimate of drug-likeness (QED) is 0.596. The Morgan fingerprint density at radius 2 is 2.25 bits per heavy atom. The first kappa shape index (κ1) is 10.6. The third kappa shape index (κ3) is 1.90. The minimum Gasteiger partial charge on any atom is -0.340 e. The van der Waals surface area contributed by atoms with Crippen LogP contribution in [0.5, 0.6) is 0 Å². The van der Waals surface area contributed by atoms with Crippen molar-refractivity contribution in [2.75, 3.05) is 0 Å². The van der Waals surface area contributed by atoms with Crippen molar-refractivity contribution < 1.29 is 4.92 Å². The molecule has 0 aliphatic heterocycles. The van der Waals surface area contributed by atoms with Gasteiger partial charge in [0.2, 0.25) is 0 Å². The average molecular weight is 238 g/mol. The Balaban J connectivity index is 2.47. The largest absolute Gasteiger partial charge is 0.340 e. The maximum atomic E-state index is 10.5. The molecule has 1 aromatic carbocycles. The van der Waals surface area contributed by atoms with E-state index in [1.54, 1.807) is 23.2 Å². The molecular weight excluding hydrogens is 230 g/mol. The summed E-state index contributed by atoms with van der Waals surface area (Å²) in [5.74, 6) is 0. The summed E-state index contributed by atoms with van der Waals surface area (Å²) in [6.07, 6.45) is 3.44. The predicted octanol–water partition coefficient (Wildman–Crippen LogP) is 2.65. The van der Waals surface area contributed by atoms with Crippen LogP contribution in [-0.2, 0) is 7.05 Å². The number of aryl methyl sites for hydroxylation is 1. The molecular formula is C10H8ClN3O2. The van der Waals surface area contributed by atoms with Crippen LogP contribution in [0.15, 0.2) is 30.7 Å². The molecule has 0 radical (unpaired) electrons. The summed E-state index contributed by atoms with van der Waals surface area (Å²) in [5.41, 5.74) is 1.36. The summed E-state index contributed by atoms with van der Waals surface area (Å²) < 4.78 is 1.78. The van der Waals surface area contributed by atoms with E-state index in [0.29, 0.717) is 16.3 Å². The third-order valence-corrected chi connectivity index (χ3v) is 2.46. The second-order valence-electron chi connectivity index (χ2n) is 3.35. The van der Waals surface area contributed by atoms with Crippen molar-refractivity contribution in [2.24, 2.45) is 7.05 Å². The number of nitro groups is 1. The van der Waals surface area contributed by atoms with Gasteiger partial charge >= 0.3 is 0 Å². The van der Waals surface area contributed by atoms with Gasteiger partial charge in [0, 0.05) is 30.9 Å². The van der Waals surface area contributed by atoms with Gasteiger partial charge in [-0.15, -0.1) is 0 Å². The highest BCUT2D eigenvalue weighted by molar-refractivity contribution is 6.33. The summed E-state index contributed by atoms with van der Waals surface area (Å²) in [7, 11) is 1.84. The van der Waals surface area contributed by atoms with E-state index in [0.717, 1.165) is 0 Å². The summed E-state index contributed by atoms with van der Waals surface area (Å²) >= 11 is 5.96. The van der Waals surface area contributed by atoms with Gasteiger partial charge in [0.25, 0.3) is 5.69 Å². The molecule has 82 valence electrons. The van der Waals surface area contributed by atoms with Crippen molar-refractivity contribution in [2.45, 2.75) is 0 Å². The van der Waals surface area contributed by atoms with Crippen LogP contribution in [-0.4, -0.2) is 14.5 Å². The highest BCUT2D eigenvalue weighted by atomic mass is 35.5. The molecule has 1 aromatic heterocycles. The standard InChI is InChI=1S/C10H8ClN3O2/c1-13-5-10(12-6-13)8-3-2-7(14(15)16)4-9(8)11/h2-6H,1H3. The number of nitro benzene ring substituents is 1. The Morgan fingerprint density at radius 1 is 1.50 bits per heavy atom. The van der Waals surface area contributed by atoms with Gasteiger partial charge in [0.05, 0.1) is 22.0 Å². The van der Waals surface area contributed by atoms with Crippen molar-refractivity contribution in [3.63, 3.8) is 0 Å². The topological polar surface area (TPSA) is 61.0 Å². The molecule has 0 saturated carbocycles. The fourth-order valence-electron chi connectivity index (χ4n) is 1.38. The molecule has 1 heterocycles. The third-order valence-electron chi connectivity index (χ3n) is 2.14. The predicted molar refractivity (Wildman–Crippen MR) is 60.3 cm³/mol. The first-order chi connectivity index (χ1) is 7.58. The van der Waals surface area contributed by atoms with Crippen molar-refractivity contribution >= 4 is 17.3 Å². The molecule has 0 aliphatic carbocycles. The van der Waals surface area contributed by atoms with Crippen LogP contribution in [0.1, 0.15) is 0 Å². The molecule has 5 nitrogen and oxygen atoms in total. The molecule has 0 atom stereocenters. The van der Waals surface area contributed by atoms with Gasteiger partial charge in [0.15, 0.2) is 0 Å². The van der Waals surface area contributed by atoms with Gasteiger partial charge in [-0.05, 0) is 6.07 Å². The SMILES string of the molecule is Cn1cnc(-c2ccc([N+](=O)[O-])cc2Cl)c1. The molecule has 0 amide bonds. The number of rotatable bonds is 2. The van der Waals surface area contributed by atoms with Gasteiger partial charge in [-0.1, -0.05) is 11.6 Å². The number of hydrogen-bond acceptors (Lipinski definition) is 3. The van der Waals surface area contributed by atoms with Crippen molar-refractivity contribution in [3.8, 4) is 11.3 Å². The van der Waals surface area contributed by atoms with Gasteiger partial charge in [0.1, 0.15) is 0 Å². The monoisotopic (exact) mass is 237 g/mol. The van der Waals surface area contributed by atoms with Gasteiger partial charge in [-0.25, -0.2) is 4.98 Å². The molecule has 0 unspecified atom stereocenters. The number of halogens is 1. The zero-order chi connectivity index (χ0) is 11.7. The number of nitrogens with zero attached hydrogens (tertiary/aromatic N) is 3. The van der Waals surface area contributed by atoms with Gasteiger partial charge < -0.3 is 4.57 Å².